The van der Waals surface area contributed by atoms with Crippen LogP contribution in [0.1, 0.15) is 34.0 Å². The minimum Gasteiger partial charge on any atom is -0.469 e. The molecule has 1 aliphatic heterocycles. The van der Waals surface area contributed by atoms with Gasteiger partial charge in [0, 0.05) is 28.3 Å². The van der Waals surface area contributed by atoms with Crippen molar-refractivity contribution in [2.45, 2.75) is 25.8 Å². The molecule has 0 amide bonds. The number of rotatable bonds is 2. The molecule has 16 heavy (non-hydrogen) atoms. The molecule has 0 bridgehead atoms. The predicted molar refractivity (Wildman–Crippen MR) is 66.0 cm³/mol. The first-order valence-corrected chi connectivity index (χ1v) is 6.58. The van der Waals surface area contributed by atoms with Crippen LogP contribution in [0.5, 0.6) is 0 Å². The van der Waals surface area contributed by atoms with Crippen LogP contribution in [-0.4, -0.2) is 6.54 Å². The molecule has 2 nitrogen and oxygen atoms in total. The summed E-state index contributed by atoms with van der Waals surface area (Å²) < 4.78 is 5.51. The third-order valence-corrected chi connectivity index (χ3v) is 4.40. The van der Waals surface area contributed by atoms with E-state index in [1.807, 2.05) is 11.3 Å². The van der Waals surface area contributed by atoms with Gasteiger partial charge in [0.15, 0.2) is 0 Å². The highest BCUT2D eigenvalue weighted by molar-refractivity contribution is 7.12. The van der Waals surface area contributed by atoms with Crippen molar-refractivity contribution in [3.05, 3.63) is 45.5 Å². The number of thiophene rings is 1. The topological polar surface area (TPSA) is 25.2 Å². The SMILES string of the molecule is CCc1ccc(C2NCCc3occc32)s1. The van der Waals surface area contributed by atoms with Gasteiger partial charge in [-0.1, -0.05) is 6.92 Å². The Morgan fingerprint density at radius 3 is 3.19 bits per heavy atom. The Balaban J connectivity index is 1.97. The van der Waals surface area contributed by atoms with Crippen molar-refractivity contribution in [1.82, 2.24) is 5.32 Å². The van der Waals surface area contributed by atoms with Crippen LogP contribution in [0.15, 0.2) is 28.9 Å². The van der Waals surface area contributed by atoms with Crippen LogP contribution >= 0.6 is 11.3 Å². The van der Waals surface area contributed by atoms with Crippen molar-refractivity contribution in [3.8, 4) is 0 Å². The highest BCUT2D eigenvalue weighted by atomic mass is 32.1. The van der Waals surface area contributed by atoms with E-state index in [1.165, 1.54) is 15.3 Å². The number of furan rings is 1. The van der Waals surface area contributed by atoms with Gasteiger partial charge in [0.25, 0.3) is 0 Å². The lowest BCUT2D eigenvalue weighted by molar-refractivity contribution is 0.458. The van der Waals surface area contributed by atoms with Gasteiger partial charge in [-0.05, 0) is 24.6 Å². The Labute approximate surface area is 99.3 Å². The summed E-state index contributed by atoms with van der Waals surface area (Å²) in [6, 6.07) is 6.91. The van der Waals surface area contributed by atoms with E-state index in [9.17, 15) is 0 Å². The molecule has 3 rings (SSSR count). The summed E-state index contributed by atoms with van der Waals surface area (Å²) in [5.74, 6) is 1.15. The minimum absolute atomic E-state index is 0.341. The van der Waals surface area contributed by atoms with Gasteiger partial charge in [-0.25, -0.2) is 0 Å². The summed E-state index contributed by atoms with van der Waals surface area (Å²) >= 11 is 1.90. The van der Waals surface area contributed by atoms with E-state index in [2.05, 4.69) is 30.4 Å². The Morgan fingerprint density at radius 1 is 1.44 bits per heavy atom. The molecular weight excluding hydrogens is 218 g/mol. The fraction of sp³-hybridized carbons (Fsp3) is 0.385. The molecule has 2 aromatic heterocycles. The molecule has 1 unspecified atom stereocenters. The molecule has 0 aliphatic carbocycles. The number of fused-ring (bicyclic) bond motifs is 1. The van der Waals surface area contributed by atoms with Crippen LogP contribution in [0.3, 0.4) is 0 Å². The van der Waals surface area contributed by atoms with Crippen LogP contribution in [0, 0.1) is 0 Å². The highest BCUT2D eigenvalue weighted by Gasteiger charge is 2.24. The molecule has 84 valence electrons. The number of aryl methyl sites for hydroxylation is 1. The van der Waals surface area contributed by atoms with Gasteiger partial charge in [-0.2, -0.15) is 0 Å². The monoisotopic (exact) mass is 233 g/mol. The van der Waals surface area contributed by atoms with E-state index >= 15 is 0 Å². The molecule has 2 aromatic rings. The molecule has 3 heteroatoms. The summed E-state index contributed by atoms with van der Waals surface area (Å²) in [5, 5.41) is 3.57. The number of nitrogens with one attached hydrogen (secondary N) is 1. The molecular formula is C13H15NOS. The summed E-state index contributed by atoms with van der Waals surface area (Å²) in [7, 11) is 0. The first-order chi connectivity index (χ1) is 7.88. The first-order valence-electron chi connectivity index (χ1n) is 5.76. The fourth-order valence-electron chi connectivity index (χ4n) is 2.24. The van der Waals surface area contributed by atoms with Crippen LogP contribution in [0.2, 0.25) is 0 Å². The van der Waals surface area contributed by atoms with E-state index in [4.69, 9.17) is 4.42 Å². The highest BCUT2D eigenvalue weighted by Crippen LogP contribution is 2.33. The molecule has 0 fully saturated rings. The molecule has 1 N–H and O–H groups in total. The zero-order valence-electron chi connectivity index (χ0n) is 9.32. The van der Waals surface area contributed by atoms with Crippen LogP contribution in [0.25, 0.3) is 0 Å². The third kappa shape index (κ3) is 1.60. The van der Waals surface area contributed by atoms with E-state index in [1.54, 1.807) is 6.26 Å². The van der Waals surface area contributed by atoms with Gasteiger partial charge in [0.1, 0.15) is 5.76 Å². The maximum Gasteiger partial charge on any atom is 0.110 e. The fourth-order valence-corrected chi connectivity index (χ4v) is 3.29. The van der Waals surface area contributed by atoms with Gasteiger partial charge >= 0.3 is 0 Å². The van der Waals surface area contributed by atoms with E-state index < -0.39 is 0 Å². The lowest BCUT2D eigenvalue weighted by atomic mass is 10.0. The molecule has 0 aromatic carbocycles. The van der Waals surface area contributed by atoms with Gasteiger partial charge in [0.05, 0.1) is 12.3 Å². The molecule has 0 spiro atoms. The van der Waals surface area contributed by atoms with Crippen molar-refractivity contribution < 1.29 is 4.42 Å². The predicted octanol–water partition coefficient (Wildman–Crippen LogP) is 3.14. The maximum absolute atomic E-state index is 5.51. The van der Waals surface area contributed by atoms with Crippen LogP contribution in [-0.2, 0) is 12.8 Å². The Hall–Kier alpha value is -1.06. The minimum atomic E-state index is 0.341. The summed E-state index contributed by atoms with van der Waals surface area (Å²) in [6.45, 7) is 3.21. The van der Waals surface area contributed by atoms with Gasteiger partial charge in [0.2, 0.25) is 0 Å². The Morgan fingerprint density at radius 2 is 2.38 bits per heavy atom. The van der Waals surface area contributed by atoms with Crippen LogP contribution < -0.4 is 5.32 Å². The molecule has 1 atom stereocenters. The second-order valence-electron chi connectivity index (χ2n) is 4.09. The lowest BCUT2D eigenvalue weighted by Crippen LogP contribution is -2.28. The van der Waals surface area contributed by atoms with Gasteiger partial charge in [-0.3, -0.25) is 0 Å². The van der Waals surface area contributed by atoms with Gasteiger partial charge < -0.3 is 9.73 Å². The second kappa shape index (κ2) is 4.07. The number of hydrogen-bond acceptors (Lipinski definition) is 3. The van der Waals surface area contributed by atoms with Crippen molar-refractivity contribution in [3.63, 3.8) is 0 Å². The normalized spacial score (nSPS) is 19.7. The summed E-state index contributed by atoms with van der Waals surface area (Å²) in [6.07, 6.45) is 3.93. The standard InChI is InChI=1S/C13H15NOS/c1-2-9-3-4-12(16-9)13-10-6-8-15-11(10)5-7-14-13/h3-4,6,8,13-14H,2,5,7H2,1H3. The molecule has 0 saturated heterocycles. The van der Waals surface area contributed by atoms with E-state index in [0.717, 1.165) is 25.1 Å². The van der Waals surface area contributed by atoms with Crippen molar-refractivity contribution >= 4 is 11.3 Å². The third-order valence-electron chi connectivity index (χ3n) is 3.11. The average Bonchev–Trinajstić information content (AvgIpc) is 2.97. The zero-order valence-corrected chi connectivity index (χ0v) is 10.1. The molecule has 3 heterocycles. The molecule has 1 aliphatic rings. The van der Waals surface area contributed by atoms with Crippen molar-refractivity contribution in [2.24, 2.45) is 0 Å². The molecule has 0 saturated carbocycles. The van der Waals surface area contributed by atoms with E-state index in [-0.39, 0.29) is 0 Å². The largest absolute Gasteiger partial charge is 0.469 e. The smallest absolute Gasteiger partial charge is 0.110 e. The zero-order chi connectivity index (χ0) is 11.0. The summed E-state index contributed by atoms with van der Waals surface area (Å²) in [4.78, 5) is 2.85. The quantitative estimate of drug-likeness (QED) is 0.862. The van der Waals surface area contributed by atoms with Crippen molar-refractivity contribution in [2.75, 3.05) is 6.54 Å². The van der Waals surface area contributed by atoms with Crippen molar-refractivity contribution in [1.29, 1.82) is 0 Å². The lowest BCUT2D eigenvalue weighted by Gasteiger charge is -2.22. The Bertz CT molecular complexity index is 486. The Kier molecular flexibility index (Phi) is 2.58. The first kappa shape index (κ1) is 10.1. The number of hydrogen-bond donors (Lipinski definition) is 1. The maximum atomic E-state index is 5.51. The van der Waals surface area contributed by atoms with Gasteiger partial charge in [-0.15, -0.1) is 11.3 Å². The second-order valence-corrected chi connectivity index (χ2v) is 5.29. The van der Waals surface area contributed by atoms with E-state index in [0.29, 0.717) is 6.04 Å². The van der Waals surface area contributed by atoms with Crippen LogP contribution in [0.4, 0.5) is 0 Å². The molecule has 0 radical (unpaired) electrons. The average molecular weight is 233 g/mol. The summed E-state index contributed by atoms with van der Waals surface area (Å²) in [5.41, 5.74) is 1.32.